The third-order valence-electron chi connectivity index (χ3n) is 3.52. The van der Waals surface area contributed by atoms with E-state index in [1.54, 1.807) is 0 Å². The topological polar surface area (TPSA) is 29.3 Å². The molecule has 2 N–H and O–H groups in total. The van der Waals surface area contributed by atoms with Gasteiger partial charge in [-0.3, -0.25) is 4.90 Å². The normalized spacial score (nSPS) is 28.2. The largest absolute Gasteiger partial charge is 0.329 e. The molecule has 0 aromatic carbocycles. The highest BCUT2D eigenvalue weighted by atomic mass is 32.2. The van der Waals surface area contributed by atoms with E-state index in [2.05, 4.69) is 18.7 Å². The maximum absolute atomic E-state index is 5.87. The molecule has 0 radical (unpaired) electrons. The third-order valence-corrected chi connectivity index (χ3v) is 4.40. The van der Waals surface area contributed by atoms with Crippen LogP contribution < -0.4 is 5.73 Å². The lowest BCUT2D eigenvalue weighted by molar-refractivity contribution is 0.122. The molecule has 1 saturated heterocycles. The first-order valence-corrected chi connectivity index (χ1v) is 7.49. The fourth-order valence-electron chi connectivity index (χ4n) is 2.42. The minimum Gasteiger partial charge on any atom is -0.329 e. The number of piperidine rings is 1. The van der Waals surface area contributed by atoms with Crippen molar-refractivity contribution in [1.82, 2.24) is 4.90 Å². The Bertz CT molecular complexity index is 162. The van der Waals surface area contributed by atoms with Gasteiger partial charge in [-0.25, -0.2) is 0 Å². The predicted octanol–water partition coefficient (Wildman–Crippen LogP) is 2.19. The van der Waals surface area contributed by atoms with Gasteiger partial charge in [0.15, 0.2) is 0 Å². The fourth-order valence-corrected chi connectivity index (χ4v) is 3.07. The summed E-state index contributed by atoms with van der Waals surface area (Å²) in [6, 6.07) is 0.654. The molecule has 0 aromatic rings. The van der Waals surface area contributed by atoms with Crippen LogP contribution in [0.3, 0.4) is 0 Å². The molecule has 1 aliphatic rings. The highest BCUT2D eigenvalue weighted by Crippen LogP contribution is 2.24. The Morgan fingerprint density at radius 2 is 2.20 bits per heavy atom. The predicted molar refractivity (Wildman–Crippen MR) is 70.4 cm³/mol. The SMILES string of the molecule is CCSCCN1CCC(CC)CC1CN. The number of hydrogen-bond donors (Lipinski definition) is 1. The van der Waals surface area contributed by atoms with Crippen LogP contribution in [-0.4, -0.2) is 42.1 Å². The van der Waals surface area contributed by atoms with E-state index in [9.17, 15) is 0 Å². The van der Waals surface area contributed by atoms with Crippen molar-refractivity contribution in [2.45, 2.75) is 39.2 Å². The molecule has 15 heavy (non-hydrogen) atoms. The first-order valence-electron chi connectivity index (χ1n) is 6.33. The lowest BCUT2D eigenvalue weighted by atomic mass is 9.89. The number of likely N-dealkylation sites (tertiary alicyclic amines) is 1. The maximum atomic E-state index is 5.87. The summed E-state index contributed by atoms with van der Waals surface area (Å²) in [5.41, 5.74) is 5.87. The van der Waals surface area contributed by atoms with Crippen molar-refractivity contribution < 1.29 is 0 Å². The lowest BCUT2D eigenvalue weighted by Crippen LogP contribution is -2.47. The Morgan fingerprint density at radius 3 is 2.80 bits per heavy atom. The second kappa shape index (κ2) is 7.53. The molecule has 1 rings (SSSR count). The van der Waals surface area contributed by atoms with Crippen molar-refractivity contribution >= 4 is 11.8 Å². The summed E-state index contributed by atoms with van der Waals surface area (Å²) in [5.74, 6) is 3.43. The van der Waals surface area contributed by atoms with Gasteiger partial charge in [0.2, 0.25) is 0 Å². The summed E-state index contributed by atoms with van der Waals surface area (Å²) in [6.07, 6.45) is 4.03. The standard InChI is InChI=1S/C12H26N2S/c1-3-11-5-6-14(7-8-15-4-2)12(9-11)10-13/h11-12H,3-10,13H2,1-2H3. The monoisotopic (exact) mass is 230 g/mol. The van der Waals surface area contributed by atoms with Gasteiger partial charge in [0.05, 0.1) is 0 Å². The molecule has 3 heteroatoms. The van der Waals surface area contributed by atoms with Gasteiger partial charge in [-0.05, 0) is 31.1 Å². The Hall–Kier alpha value is 0.270. The zero-order valence-electron chi connectivity index (χ0n) is 10.2. The number of nitrogens with zero attached hydrogens (tertiary/aromatic N) is 1. The van der Waals surface area contributed by atoms with E-state index in [4.69, 9.17) is 5.73 Å². The first-order chi connectivity index (χ1) is 7.31. The van der Waals surface area contributed by atoms with Gasteiger partial charge in [0.25, 0.3) is 0 Å². The van der Waals surface area contributed by atoms with Gasteiger partial charge >= 0.3 is 0 Å². The number of rotatable bonds is 6. The van der Waals surface area contributed by atoms with Crippen molar-refractivity contribution in [1.29, 1.82) is 0 Å². The maximum Gasteiger partial charge on any atom is 0.0221 e. The minimum absolute atomic E-state index is 0.654. The zero-order chi connectivity index (χ0) is 11.1. The average molecular weight is 230 g/mol. The minimum atomic E-state index is 0.654. The zero-order valence-corrected chi connectivity index (χ0v) is 11.1. The number of nitrogens with two attached hydrogens (primary N) is 1. The molecular weight excluding hydrogens is 204 g/mol. The van der Waals surface area contributed by atoms with Gasteiger partial charge in [-0.2, -0.15) is 11.8 Å². The Balaban J connectivity index is 2.30. The van der Waals surface area contributed by atoms with Crippen LogP contribution in [0.4, 0.5) is 0 Å². The van der Waals surface area contributed by atoms with Crippen LogP contribution in [0.5, 0.6) is 0 Å². The van der Waals surface area contributed by atoms with Gasteiger partial charge in [-0.1, -0.05) is 20.3 Å². The molecule has 2 unspecified atom stereocenters. The third kappa shape index (κ3) is 4.33. The molecule has 2 nitrogen and oxygen atoms in total. The van der Waals surface area contributed by atoms with E-state index < -0.39 is 0 Å². The highest BCUT2D eigenvalue weighted by molar-refractivity contribution is 7.99. The summed E-state index contributed by atoms with van der Waals surface area (Å²) in [5, 5.41) is 0. The molecule has 1 fully saturated rings. The summed E-state index contributed by atoms with van der Waals surface area (Å²) in [7, 11) is 0. The van der Waals surface area contributed by atoms with E-state index in [1.807, 2.05) is 11.8 Å². The van der Waals surface area contributed by atoms with E-state index in [1.165, 1.54) is 43.9 Å². The second-order valence-electron chi connectivity index (χ2n) is 4.42. The molecule has 0 spiro atoms. The fraction of sp³-hybridized carbons (Fsp3) is 1.00. The Kier molecular flexibility index (Phi) is 6.69. The van der Waals surface area contributed by atoms with Crippen molar-refractivity contribution in [3.05, 3.63) is 0 Å². The molecule has 2 atom stereocenters. The Labute approximate surface area is 99.0 Å². The molecule has 0 bridgehead atoms. The first kappa shape index (κ1) is 13.3. The van der Waals surface area contributed by atoms with Crippen LogP contribution in [0.1, 0.15) is 33.1 Å². The van der Waals surface area contributed by atoms with Gasteiger partial charge in [0.1, 0.15) is 0 Å². The van der Waals surface area contributed by atoms with Crippen LogP contribution in [0.2, 0.25) is 0 Å². The number of hydrogen-bond acceptors (Lipinski definition) is 3. The van der Waals surface area contributed by atoms with Crippen molar-refractivity contribution in [3.63, 3.8) is 0 Å². The van der Waals surface area contributed by atoms with Crippen LogP contribution in [-0.2, 0) is 0 Å². The second-order valence-corrected chi connectivity index (χ2v) is 5.81. The number of thioether (sulfide) groups is 1. The van der Waals surface area contributed by atoms with Crippen LogP contribution in [0.25, 0.3) is 0 Å². The van der Waals surface area contributed by atoms with Crippen molar-refractivity contribution in [2.24, 2.45) is 11.7 Å². The molecule has 0 saturated carbocycles. The smallest absolute Gasteiger partial charge is 0.0221 e. The lowest BCUT2D eigenvalue weighted by Gasteiger charge is -2.38. The molecular formula is C12H26N2S. The van der Waals surface area contributed by atoms with Crippen LogP contribution in [0.15, 0.2) is 0 Å². The molecule has 0 aliphatic carbocycles. The van der Waals surface area contributed by atoms with Gasteiger partial charge in [0, 0.05) is 24.9 Å². The summed E-state index contributed by atoms with van der Waals surface area (Å²) in [6.45, 7) is 7.88. The average Bonchev–Trinajstić information content (AvgIpc) is 2.29. The molecule has 0 aromatic heterocycles. The highest BCUT2D eigenvalue weighted by Gasteiger charge is 2.25. The van der Waals surface area contributed by atoms with Crippen LogP contribution in [0, 0.1) is 5.92 Å². The van der Waals surface area contributed by atoms with Gasteiger partial charge in [-0.15, -0.1) is 0 Å². The van der Waals surface area contributed by atoms with E-state index in [0.717, 1.165) is 12.5 Å². The summed E-state index contributed by atoms with van der Waals surface area (Å²) in [4.78, 5) is 2.61. The van der Waals surface area contributed by atoms with Gasteiger partial charge < -0.3 is 5.73 Å². The van der Waals surface area contributed by atoms with Crippen molar-refractivity contribution in [2.75, 3.05) is 31.1 Å². The molecule has 1 aliphatic heterocycles. The van der Waals surface area contributed by atoms with Crippen LogP contribution >= 0.6 is 11.8 Å². The van der Waals surface area contributed by atoms with E-state index in [0.29, 0.717) is 6.04 Å². The molecule has 1 heterocycles. The summed E-state index contributed by atoms with van der Waals surface area (Å²) >= 11 is 2.04. The Morgan fingerprint density at radius 1 is 1.40 bits per heavy atom. The van der Waals surface area contributed by atoms with E-state index in [-0.39, 0.29) is 0 Å². The molecule has 0 amide bonds. The summed E-state index contributed by atoms with van der Waals surface area (Å²) < 4.78 is 0. The van der Waals surface area contributed by atoms with Crippen molar-refractivity contribution in [3.8, 4) is 0 Å². The quantitative estimate of drug-likeness (QED) is 0.709. The molecule has 90 valence electrons. The van der Waals surface area contributed by atoms with E-state index >= 15 is 0 Å².